The van der Waals surface area contributed by atoms with Gasteiger partial charge in [0.2, 0.25) is 0 Å². The number of fused-ring (bicyclic) bond motifs is 1. The lowest BCUT2D eigenvalue weighted by Gasteiger charge is -1.95. The maximum atomic E-state index is 12.6. The van der Waals surface area contributed by atoms with Crippen molar-refractivity contribution in [3.05, 3.63) is 31.7 Å². The molecule has 0 unspecified atom stereocenters. The molecule has 0 bridgehead atoms. The Hall–Kier alpha value is 0.0600. The van der Waals surface area contributed by atoms with Gasteiger partial charge in [-0.2, -0.15) is 0 Å². The standard InChI is InChI=1S/C9H4ClF2IS/c10-4-2-1-3-5-6(4)7(13)8(14-5)9(11)12/h1-3,9H. The number of hydrogen-bond donors (Lipinski definition) is 0. The monoisotopic (exact) mass is 344 g/mol. The molecule has 2 aromatic rings. The van der Waals surface area contributed by atoms with E-state index in [1.807, 2.05) is 22.6 Å². The maximum Gasteiger partial charge on any atom is 0.273 e. The molecule has 0 fully saturated rings. The number of rotatable bonds is 1. The highest BCUT2D eigenvalue weighted by Gasteiger charge is 2.18. The average molecular weight is 345 g/mol. The van der Waals surface area contributed by atoms with Crippen LogP contribution in [-0.2, 0) is 0 Å². The maximum absolute atomic E-state index is 12.6. The second kappa shape index (κ2) is 3.90. The molecule has 1 heterocycles. The third-order valence-electron chi connectivity index (χ3n) is 1.83. The molecule has 0 atom stereocenters. The Morgan fingerprint density at radius 3 is 2.64 bits per heavy atom. The lowest BCUT2D eigenvalue weighted by molar-refractivity contribution is 0.155. The van der Waals surface area contributed by atoms with Gasteiger partial charge in [-0.15, -0.1) is 11.3 Å². The molecule has 0 amide bonds. The van der Waals surface area contributed by atoms with Gasteiger partial charge < -0.3 is 0 Å². The van der Waals surface area contributed by atoms with Gasteiger partial charge in [0.05, 0.1) is 9.90 Å². The van der Waals surface area contributed by atoms with Gasteiger partial charge in [-0.1, -0.05) is 17.7 Å². The molecule has 0 N–H and O–H groups in total. The Morgan fingerprint density at radius 2 is 2.07 bits per heavy atom. The molecular formula is C9H4ClF2IS. The third kappa shape index (κ3) is 1.63. The third-order valence-corrected chi connectivity index (χ3v) is 4.79. The van der Waals surface area contributed by atoms with Crippen molar-refractivity contribution in [2.24, 2.45) is 0 Å². The average Bonchev–Trinajstić information content (AvgIpc) is 2.45. The van der Waals surface area contributed by atoms with Crippen molar-refractivity contribution in [3.8, 4) is 0 Å². The number of thiophene rings is 1. The highest BCUT2D eigenvalue weighted by molar-refractivity contribution is 14.1. The molecule has 2 rings (SSSR count). The first-order chi connectivity index (χ1) is 6.61. The molecule has 14 heavy (non-hydrogen) atoms. The first-order valence-electron chi connectivity index (χ1n) is 3.76. The van der Waals surface area contributed by atoms with Crippen LogP contribution in [0.2, 0.25) is 5.02 Å². The number of alkyl halides is 2. The van der Waals surface area contributed by atoms with Gasteiger partial charge in [-0.25, -0.2) is 8.78 Å². The van der Waals surface area contributed by atoms with Crippen molar-refractivity contribution in [2.75, 3.05) is 0 Å². The van der Waals surface area contributed by atoms with E-state index in [2.05, 4.69) is 0 Å². The van der Waals surface area contributed by atoms with Gasteiger partial charge >= 0.3 is 0 Å². The van der Waals surface area contributed by atoms with Gasteiger partial charge in [0.1, 0.15) is 0 Å². The minimum absolute atomic E-state index is 0.105. The van der Waals surface area contributed by atoms with Crippen molar-refractivity contribution < 1.29 is 8.78 Å². The molecule has 0 saturated heterocycles. The van der Waals surface area contributed by atoms with Crippen LogP contribution >= 0.6 is 45.5 Å². The van der Waals surface area contributed by atoms with E-state index < -0.39 is 6.43 Å². The fraction of sp³-hybridized carbons (Fsp3) is 0.111. The normalized spacial score (nSPS) is 11.5. The summed E-state index contributed by atoms with van der Waals surface area (Å²) in [4.78, 5) is 0.105. The molecule has 0 aliphatic heterocycles. The van der Waals surface area contributed by atoms with Gasteiger partial charge in [0.25, 0.3) is 6.43 Å². The molecule has 5 heteroatoms. The topological polar surface area (TPSA) is 0 Å². The first kappa shape index (κ1) is 10.6. The predicted octanol–water partition coefficient (Wildman–Crippen LogP) is 5.10. The molecule has 0 aliphatic rings. The fourth-order valence-corrected chi connectivity index (χ4v) is 4.02. The highest BCUT2D eigenvalue weighted by atomic mass is 127. The van der Waals surface area contributed by atoms with Crippen molar-refractivity contribution in [3.63, 3.8) is 0 Å². The SMILES string of the molecule is FC(F)c1sc2cccc(Cl)c2c1I. The van der Waals surface area contributed by atoms with Crippen LogP contribution in [0.3, 0.4) is 0 Å². The molecule has 0 nitrogen and oxygen atoms in total. The number of hydrogen-bond acceptors (Lipinski definition) is 1. The Kier molecular flexibility index (Phi) is 2.95. The lowest BCUT2D eigenvalue weighted by Crippen LogP contribution is -1.80. The molecule has 0 aliphatic carbocycles. The van der Waals surface area contributed by atoms with Crippen molar-refractivity contribution >= 4 is 55.6 Å². The second-order valence-corrected chi connectivity index (χ2v) is 5.26. The predicted molar refractivity (Wildman–Crippen MR) is 64.5 cm³/mol. The van der Waals surface area contributed by atoms with Crippen molar-refractivity contribution in [1.29, 1.82) is 0 Å². The molecule has 0 spiro atoms. The van der Waals surface area contributed by atoms with Crippen molar-refractivity contribution in [2.45, 2.75) is 6.43 Å². The van der Waals surface area contributed by atoms with E-state index in [9.17, 15) is 8.78 Å². The second-order valence-electron chi connectivity index (χ2n) is 2.69. The Morgan fingerprint density at radius 1 is 1.36 bits per heavy atom. The van der Waals surface area contributed by atoms with Gasteiger partial charge in [-0.05, 0) is 34.7 Å². The van der Waals surface area contributed by atoms with Crippen LogP contribution in [0.4, 0.5) is 8.78 Å². The molecule has 1 aromatic carbocycles. The van der Waals surface area contributed by atoms with Crippen LogP contribution in [0.5, 0.6) is 0 Å². The van der Waals surface area contributed by atoms with E-state index in [0.717, 1.165) is 21.4 Å². The number of halogens is 4. The minimum atomic E-state index is -2.42. The largest absolute Gasteiger partial charge is 0.273 e. The summed E-state index contributed by atoms with van der Waals surface area (Å²) in [5.74, 6) is 0. The molecule has 1 aromatic heterocycles. The summed E-state index contributed by atoms with van der Waals surface area (Å²) in [6, 6.07) is 5.29. The zero-order chi connectivity index (χ0) is 10.3. The summed E-state index contributed by atoms with van der Waals surface area (Å²) < 4.78 is 26.5. The van der Waals surface area contributed by atoms with E-state index >= 15 is 0 Å². The summed E-state index contributed by atoms with van der Waals surface area (Å²) >= 11 is 8.96. The van der Waals surface area contributed by atoms with E-state index in [1.165, 1.54) is 0 Å². The lowest BCUT2D eigenvalue weighted by atomic mass is 10.2. The molecule has 74 valence electrons. The van der Waals surface area contributed by atoms with E-state index in [-0.39, 0.29) is 4.88 Å². The van der Waals surface area contributed by atoms with Crippen LogP contribution in [0, 0.1) is 3.57 Å². The minimum Gasteiger partial charge on any atom is -0.204 e. The Balaban J connectivity index is 2.81. The van der Waals surface area contributed by atoms with Gasteiger partial charge in [0.15, 0.2) is 0 Å². The number of benzene rings is 1. The van der Waals surface area contributed by atoms with Crippen LogP contribution in [0.1, 0.15) is 11.3 Å². The van der Waals surface area contributed by atoms with Crippen LogP contribution in [0.25, 0.3) is 10.1 Å². The quantitative estimate of drug-likeness (QED) is 0.632. The van der Waals surface area contributed by atoms with E-state index in [4.69, 9.17) is 11.6 Å². The molecule has 0 saturated carbocycles. The zero-order valence-electron chi connectivity index (χ0n) is 6.73. The summed E-state index contributed by atoms with van der Waals surface area (Å²) in [5, 5.41) is 1.28. The van der Waals surface area contributed by atoms with Gasteiger partial charge in [-0.3, -0.25) is 0 Å². The highest BCUT2D eigenvalue weighted by Crippen LogP contribution is 2.40. The van der Waals surface area contributed by atoms with E-state index in [1.54, 1.807) is 18.2 Å². The molecule has 0 radical (unpaired) electrons. The van der Waals surface area contributed by atoms with Gasteiger partial charge in [0, 0.05) is 13.7 Å². The smallest absolute Gasteiger partial charge is 0.204 e. The summed E-state index contributed by atoms with van der Waals surface area (Å²) in [5.41, 5.74) is 0. The van der Waals surface area contributed by atoms with Crippen LogP contribution < -0.4 is 0 Å². The first-order valence-corrected chi connectivity index (χ1v) is 6.03. The summed E-state index contributed by atoms with van der Waals surface area (Å²) in [6.07, 6.45) is -2.42. The molecular weight excluding hydrogens is 341 g/mol. The van der Waals surface area contributed by atoms with E-state index in [0.29, 0.717) is 8.59 Å². The van der Waals surface area contributed by atoms with Crippen molar-refractivity contribution in [1.82, 2.24) is 0 Å². The van der Waals surface area contributed by atoms with Crippen LogP contribution in [-0.4, -0.2) is 0 Å². The zero-order valence-corrected chi connectivity index (χ0v) is 10.5. The summed E-state index contributed by atoms with van der Waals surface area (Å²) in [6.45, 7) is 0. The Labute approximate surface area is 102 Å². The summed E-state index contributed by atoms with van der Waals surface area (Å²) in [7, 11) is 0. The van der Waals surface area contributed by atoms with Crippen LogP contribution in [0.15, 0.2) is 18.2 Å². The fourth-order valence-electron chi connectivity index (χ4n) is 1.23. The Bertz CT molecular complexity index is 481.